The van der Waals surface area contributed by atoms with Gasteiger partial charge in [-0.25, -0.2) is 4.98 Å². The van der Waals surface area contributed by atoms with Crippen molar-refractivity contribution in [1.82, 2.24) is 20.1 Å². The highest BCUT2D eigenvalue weighted by Crippen LogP contribution is 2.28. The Bertz CT molecular complexity index is 662. The van der Waals surface area contributed by atoms with Gasteiger partial charge in [0.2, 0.25) is 0 Å². The first-order valence-corrected chi connectivity index (χ1v) is 6.42. The number of nitrogens with one attached hydrogen (secondary N) is 1. The normalized spacial score (nSPS) is 14.5. The molecule has 1 aliphatic rings. The van der Waals surface area contributed by atoms with Gasteiger partial charge < -0.3 is 0 Å². The molecule has 0 aliphatic carbocycles. The maximum Gasteiger partial charge on any atom is 0.263 e. The Morgan fingerprint density at radius 3 is 2.84 bits per heavy atom. The molecule has 0 bridgehead atoms. The molecule has 6 nitrogen and oxygen atoms in total. The number of aromatic amines is 1. The minimum atomic E-state index is -0.244. The van der Waals surface area contributed by atoms with Gasteiger partial charge in [0.1, 0.15) is 0 Å². The number of unbranched alkanes of at least 4 members (excludes halogenated alkanes) is 2. The van der Waals surface area contributed by atoms with Crippen molar-refractivity contribution < 1.29 is 9.59 Å². The summed E-state index contributed by atoms with van der Waals surface area (Å²) in [6.45, 7) is 2.56. The summed E-state index contributed by atoms with van der Waals surface area (Å²) in [7, 11) is 0. The Hall–Kier alpha value is -2.24. The van der Waals surface area contributed by atoms with E-state index in [1.54, 1.807) is 6.20 Å². The molecule has 1 aliphatic heterocycles. The van der Waals surface area contributed by atoms with Crippen molar-refractivity contribution in [2.45, 2.75) is 26.2 Å². The first kappa shape index (κ1) is 11.8. The molecule has 0 saturated heterocycles. The lowest BCUT2D eigenvalue weighted by molar-refractivity contribution is 0.0652. The summed E-state index contributed by atoms with van der Waals surface area (Å²) in [4.78, 5) is 30.0. The Balaban J connectivity index is 1.99. The summed E-state index contributed by atoms with van der Waals surface area (Å²) in [6, 6.07) is 0. The van der Waals surface area contributed by atoms with E-state index in [1.165, 1.54) is 11.1 Å². The minimum absolute atomic E-state index is 0.232. The van der Waals surface area contributed by atoms with Crippen LogP contribution in [0, 0.1) is 0 Å². The van der Waals surface area contributed by atoms with Gasteiger partial charge in [-0.05, 0) is 6.42 Å². The van der Waals surface area contributed by atoms with Crippen LogP contribution < -0.4 is 0 Å². The summed E-state index contributed by atoms with van der Waals surface area (Å²) >= 11 is 0. The molecule has 2 amide bonds. The van der Waals surface area contributed by atoms with Gasteiger partial charge in [0.15, 0.2) is 5.65 Å². The first-order chi connectivity index (χ1) is 9.24. The van der Waals surface area contributed by atoms with E-state index in [9.17, 15) is 9.59 Å². The van der Waals surface area contributed by atoms with Gasteiger partial charge in [0, 0.05) is 12.7 Å². The quantitative estimate of drug-likeness (QED) is 0.669. The molecular formula is C13H14N4O2. The fourth-order valence-corrected chi connectivity index (χ4v) is 2.39. The van der Waals surface area contributed by atoms with Crippen molar-refractivity contribution in [2.75, 3.05) is 6.54 Å². The predicted octanol–water partition coefficient (Wildman–Crippen LogP) is 1.74. The van der Waals surface area contributed by atoms with E-state index in [4.69, 9.17) is 0 Å². The monoisotopic (exact) mass is 258 g/mol. The van der Waals surface area contributed by atoms with Gasteiger partial charge in [0.25, 0.3) is 11.8 Å². The topological polar surface area (TPSA) is 79.0 Å². The molecule has 0 radical (unpaired) electrons. The molecule has 98 valence electrons. The zero-order valence-electron chi connectivity index (χ0n) is 10.6. The summed E-state index contributed by atoms with van der Waals surface area (Å²) in [6.07, 6.45) is 5.89. The Kier molecular flexibility index (Phi) is 2.77. The van der Waals surface area contributed by atoms with Gasteiger partial charge in [0.05, 0.1) is 22.7 Å². The molecule has 0 aromatic carbocycles. The van der Waals surface area contributed by atoms with Crippen LogP contribution in [0.2, 0.25) is 0 Å². The van der Waals surface area contributed by atoms with Crippen LogP contribution in [0.1, 0.15) is 46.9 Å². The molecule has 3 heterocycles. The van der Waals surface area contributed by atoms with Crippen LogP contribution >= 0.6 is 0 Å². The highest BCUT2D eigenvalue weighted by atomic mass is 16.2. The summed E-state index contributed by atoms with van der Waals surface area (Å²) < 4.78 is 0. The molecule has 6 heteroatoms. The SMILES string of the molecule is CCCCCN1C(=O)c2cnc3[nH]ncc3c2C1=O. The third-order valence-corrected chi connectivity index (χ3v) is 3.40. The number of H-pyrrole nitrogens is 1. The van der Waals surface area contributed by atoms with Crippen LogP contribution in [0.3, 0.4) is 0 Å². The number of carbonyl (C=O) groups is 2. The standard InChI is InChI=1S/C13H14N4O2/c1-2-3-4-5-17-12(18)9-6-14-11-8(7-15-16-11)10(9)13(17)19/h6-7H,2-5H2,1H3,(H,14,15,16). The Labute approximate surface area is 109 Å². The Morgan fingerprint density at radius 2 is 2.05 bits per heavy atom. The average Bonchev–Trinajstić information content (AvgIpc) is 2.97. The van der Waals surface area contributed by atoms with E-state index < -0.39 is 0 Å². The largest absolute Gasteiger partial charge is 0.274 e. The van der Waals surface area contributed by atoms with Crippen molar-refractivity contribution >= 4 is 22.8 Å². The molecule has 0 spiro atoms. The average molecular weight is 258 g/mol. The maximum absolute atomic E-state index is 12.3. The second kappa shape index (κ2) is 4.46. The van der Waals surface area contributed by atoms with Crippen LogP contribution in [0.15, 0.2) is 12.4 Å². The maximum atomic E-state index is 12.3. The van der Waals surface area contributed by atoms with E-state index in [0.29, 0.717) is 28.7 Å². The molecule has 1 N–H and O–H groups in total. The minimum Gasteiger partial charge on any atom is -0.274 e. The number of fused-ring (bicyclic) bond motifs is 3. The van der Waals surface area contributed by atoms with Crippen LogP contribution in [0.25, 0.3) is 11.0 Å². The molecule has 3 rings (SSSR count). The molecule has 2 aromatic heterocycles. The highest BCUT2D eigenvalue weighted by molar-refractivity contribution is 6.25. The second-order valence-corrected chi connectivity index (χ2v) is 4.65. The van der Waals surface area contributed by atoms with E-state index in [-0.39, 0.29) is 11.8 Å². The zero-order chi connectivity index (χ0) is 13.4. The number of amides is 2. The smallest absolute Gasteiger partial charge is 0.263 e. The number of pyridine rings is 1. The van der Waals surface area contributed by atoms with Crippen LogP contribution in [0.4, 0.5) is 0 Å². The first-order valence-electron chi connectivity index (χ1n) is 6.42. The third kappa shape index (κ3) is 1.71. The number of hydrogen-bond donors (Lipinski definition) is 1. The van der Waals surface area contributed by atoms with E-state index in [0.717, 1.165) is 19.3 Å². The van der Waals surface area contributed by atoms with E-state index in [2.05, 4.69) is 22.1 Å². The number of rotatable bonds is 4. The molecular weight excluding hydrogens is 244 g/mol. The van der Waals surface area contributed by atoms with Crippen LogP contribution in [0.5, 0.6) is 0 Å². The van der Waals surface area contributed by atoms with Crippen molar-refractivity contribution in [3.05, 3.63) is 23.5 Å². The molecule has 19 heavy (non-hydrogen) atoms. The van der Waals surface area contributed by atoms with Crippen LogP contribution in [-0.4, -0.2) is 38.4 Å². The number of hydrogen-bond acceptors (Lipinski definition) is 4. The second-order valence-electron chi connectivity index (χ2n) is 4.65. The van der Waals surface area contributed by atoms with Crippen molar-refractivity contribution in [1.29, 1.82) is 0 Å². The van der Waals surface area contributed by atoms with Gasteiger partial charge in [-0.1, -0.05) is 19.8 Å². The molecule has 2 aromatic rings. The van der Waals surface area contributed by atoms with E-state index >= 15 is 0 Å². The Morgan fingerprint density at radius 1 is 1.21 bits per heavy atom. The number of nitrogens with zero attached hydrogens (tertiary/aromatic N) is 3. The van der Waals surface area contributed by atoms with Crippen molar-refractivity contribution in [3.8, 4) is 0 Å². The fourth-order valence-electron chi connectivity index (χ4n) is 2.39. The number of carbonyl (C=O) groups excluding carboxylic acids is 2. The zero-order valence-corrected chi connectivity index (χ0v) is 10.6. The molecule has 0 saturated carbocycles. The van der Waals surface area contributed by atoms with E-state index in [1.807, 2.05) is 0 Å². The van der Waals surface area contributed by atoms with Gasteiger partial charge >= 0.3 is 0 Å². The number of aromatic nitrogens is 3. The van der Waals surface area contributed by atoms with Crippen molar-refractivity contribution in [3.63, 3.8) is 0 Å². The van der Waals surface area contributed by atoms with Gasteiger partial charge in [-0.15, -0.1) is 0 Å². The number of imide groups is 1. The lowest BCUT2D eigenvalue weighted by atomic mass is 10.1. The highest BCUT2D eigenvalue weighted by Gasteiger charge is 2.37. The third-order valence-electron chi connectivity index (χ3n) is 3.40. The van der Waals surface area contributed by atoms with Crippen LogP contribution in [-0.2, 0) is 0 Å². The molecule has 0 atom stereocenters. The predicted molar refractivity (Wildman–Crippen MR) is 68.8 cm³/mol. The van der Waals surface area contributed by atoms with Crippen molar-refractivity contribution in [2.24, 2.45) is 0 Å². The molecule has 0 fully saturated rings. The van der Waals surface area contributed by atoms with Gasteiger partial charge in [-0.2, -0.15) is 5.10 Å². The summed E-state index contributed by atoms with van der Waals surface area (Å²) in [5.41, 5.74) is 1.35. The lowest BCUT2D eigenvalue weighted by Gasteiger charge is -2.12. The summed E-state index contributed by atoms with van der Waals surface area (Å²) in [5.74, 6) is -0.475. The fraction of sp³-hybridized carbons (Fsp3) is 0.385. The van der Waals surface area contributed by atoms with Gasteiger partial charge in [-0.3, -0.25) is 19.6 Å². The lowest BCUT2D eigenvalue weighted by Crippen LogP contribution is -2.30. The molecule has 0 unspecified atom stereocenters. The summed E-state index contributed by atoms with van der Waals surface area (Å²) in [5, 5.41) is 7.20.